The van der Waals surface area contributed by atoms with Gasteiger partial charge in [0.2, 0.25) is 0 Å². The third-order valence-corrected chi connectivity index (χ3v) is 4.64. The Balaban J connectivity index is 2.49. The Kier molecular flexibility index (Phi) is 4.76. The van der Waals surface area contributed by atoms with E-state index >= 15 is 0 Å². The standard InChI is InChI=1S/C22H20O4/c1-13-9-10-16(11-14(13)2)19-17-8-6-5-7-15(17)12-18(21(23)25-3)20(19)22(24)26-4/h5-12H,1-4H3. The second-order valence-corrected chi connectivity index (χ2v) is 6.18. The van der Waals surface area contributed by atoms with E-state index in [-0.39, 0.29) is 11.1 Å². The predicted molar refractivity (Wildman–Crippen MR) is 102 cm³/mol. The van der Waals surface area contributed by atoms with Crippen LogP contribution >= 0.6 is 0 Å². The van der Waals surface area contributed by atoms with Crippen molar-refractivity contribution in [3.8, 4) is 11.1 Å². The molecule has 0 bridgehead atoms. The lowest BCUT2D eigenvalue weighted by Crippen LogP contribution is -2.14. The van der Waals surface area contributed by atoms with E-state index in [1.54, 1.807) is 6.07 Å². The molecule has 0 aliphatic carbocycles. The highest BCUT2D eigenvalue weighted by molar-refractivity contribution is 6.15. The molecule has 132 valence electrons. The Morgan fingerprint density at radius 2 is 1.50 bits per heavy atom. The number of carbonyl (C=O) groups excluding carboxylic acids is 2. The molecular formula is C22H20O4. The minimum absolute atomic E-state index is 0.200. The third kappa shape index (κ3) is 2.94. The lowest BCUT2D eigenvalue weighted by Gasteiger charge is -2.16. The summed E-state index contributed by atoms with van der Waals surface area (Å²) in [5.41, 5.74) is 4.22. The van der Waals surface area contributed by atoms with Crippen molar-refractivity contribution >= 4 is 22.7 Å². The van der Waals surface area contributed by atoms with Gasteiger partial charge in [-0.25, -0.2) is 9.59 Å². The molecule has 0 saturated heterocycles. The van der Waals surface area contributed by atoms with Gasteiger partial charge >= 0.3 is 11.9 Å². The molecule has 26 heavy (non-hydrogen) atoms. The van der Waals surface area contributed by atoms with Crippen LogP contribution in [0.25, 0.3) is 21.9 Å². The van der Waals surface area contributed by atoms with Crippen molar-refractivity contribution in [2.24, 2.45) is 0 Å². The van der Waals surface area contributed by atoms with Gasteiger partial charge in [0, 0.05) is 5.56 Å². The van der Waals surface area contributed by atoms with E-state index < -0.39 is 11.9 Å². The molecule has 0 heterocycles. The number of hydrogen-bond acceptors (Lipinski definition) is 4. The first kappa shape index (κ1) is 17.7. The molecule has 4 nitrogen and oxygen atoms in total. The fraction of sp³-hybridized carbons (Fsp3) is 0.182. The lowest BCUT2D eigenvalue weighted by atomic mass is 9.88. The molecule has 4 heteroatoms. The topological polar surface area (TPSA) is 52.6 Å². The van der Waals surface area contributed by atoms with Gasteiger partial charge in [0.25, 0.3) is 0 Å². The quantitative estimate of drug-likeness (QED) is 0.644. The van der Waals surface area contributed by atoms with Crippen molar-refractivity contribution in [2.75, 3.05) is 14.2 Å². The van der Waals surface area contributed by atoms with E-state index in [9.17, 15) is 9.59 Å². The molecule has 3 aromatic rings. The smallest absolute Gasteiger partial charge is 0.339 e. The van der Waals surface area contributed by atoms with Crippen LogP contribution in [0.2, 0.25) is 0 Å². The van der Waals surface area contributed by atoms with Gasteiger partial charge in [-0.3, -0.25) is 0 Å². The molecule has 0 amide bonds. The molecule has 0 atom stereocenters. The maximum atomic E-state index is 12.6. The van der Waals surface area contributed by atoms with Crippen molar-refractivity contribution in [1.29, 1.82) is 0 Å². The number of carbonyl (C=O) groups is 2. The van der Waals surface area contributed by atoms with Crippen molar-refractivity contribution in [1.82, 2.24) is 0 Å². The molecule has 0 radical (unpaired) electrons. The fourth-order valence-corrected chi connectivity index (χ4v) is 3.13. The molecule has 0 spiro atoms. The number of methoxy groups -OCH3 is 2. The highest BCUT2D eigenvalue weighted by Crippen LogP contribution is 2.36. The van der Waals surface area contributed by atoms with E-state index in [2.05, 4.69) is 0 Å². The summed E-state index contributed by atoms with van der Waals surface area (Å²) in [6.07, 6.45) is 0. The molecule has 0 aromatic heterocycles. The summed E-state index contributed by atoms with van der Waals surface area (Å²) in [5.74, 6) is -1.13. The van der Waals surface area contributed by atoms with Crippen LogP contribution in [0.4, 0.5) is 0 Å². The summed E-state index contributed by atoms with van der Waals surface area (Å²) >= 11 is 0. The molecule has 0 fully saturated rings. The average molecular weight is 348 g/mol. The number of esters is 2. The maximum absolute atomic E-state index is 12.6. The molecule has 0 aliphatic rings. The van der Waals surface area contributed by atoms with Crippen LogP contribution in [0.1, 0.15) is 31.8 Å². The van der Waals surface area contributed by atoms with E-state index in [4.69, 9.17) is 9.47 Å². The number of ether oxygens (including phenoxy) is 2. The number of rotatable bonds is 3. The van der Waals surface area contributed by atoms with Crippen LogP contribution in [0.5, 0.6) is 0 Å². The Morgan fingerprint density at radius 1 is 0.808 bits per heavy atom. The van der Waals surface area contributed by atoms with E-state index in [0.29, 0.717) is 5.56 Å². The van der Waals surface area contributed by atoms with Crippen molar-refractivity contribution in [3.63, 3.8) is 0 Å². The summed E-state index contributed by atoms with van der Waals surface area (Å²) in [5, 5.41) is 1.73. The summed E-state index contributed by atoms with van der Waals surface area (Å²) in [7, 11) is 2.61. The Morgan fingerprint density at radius 3 is 2.15 bits per heavy atom. The van der Waals surface area contributed by atoms with Crippen molar-refractivity contribution in [2.45, 2.75) is 13.8 Å². The summed E-state index contributed by atoms with van der Waals surface area (Å²) in [4.78, 5) is 25.0. The van der Waals surface area contributed by atoms with Crippen LogP contribution in [-0.4, -0.2) is 26.2 Å². The molecule has 3 aromatic carbocycles. The lowest BCUT2D eigenvalue weighted by molar-refractivity contribution is 0.0556. The number of aryl methyl sites for hydroxylation is 2. The van der Waals surface area contributed by atoms with Crippen molar-refractivity contribution in [3.05, 3.63) is 70.8 Å². The monoisotopic (exact) mass is 348 g/mol. The normalized spacial score (nSPS) is 10.6. The number of hydrogen-bond donors (Lipinski definition) is 0. The predicted octanol–water partition coefficient (Wildman–Crippen LogP) is 4.70. The summed E-state index contributed by atoms with van der Waals surface area (Å²) in [6, 6.07) is 15.3. The second kappa shape index (κ2) is 7.00. The summed E-state index contributed by atoms with van der Waals surface area (Å²) in [6.45, 7) is 4.05. The van der Waals surface area contributed by atoms with E-state index in [1.807, 2.05) is 56.3 Å². The Bertz CT molecular complexity index is 1020. The first-order chi connectivity index (χ1) is 12.5. The molecule has 0 aliphatic heterocycles. The summed E-state index contributed by atoms with van der Waals surface area (Å²) < 4.78 is 9.90. The van der Waals surface area contributed by atoms with E-state index in [1.165, 1.54) is 14.2 Å². The Hall–Kier alpha value is -3.14. The van der Waals surface area contributed by atoms with Gasteiger partial charge < -0.3 is 9.47 Å². The average Bonchev–Trinajstić information content (AvgIpc) is 2.67. The zero-order chi connectivity index (χ0) is 18.8. The van der Waals surface area contributed by atoms with Crippen LogP contribution in [0, 0.1) is 13.8 Å². The van der Waals surface area contributed by atoms with Gasteiger partial charge in [0.15, 0.2) is 0 Å². The van der Waals surface area contributed by atoms with Crippen LogP contribution in [0.15, 0.2) is 48.5 Å². The van der Waals surface area contributed by atoms with Gasteiger partial charge in [0.1, 0.15) is 0 Å². The van der Waals surface area contributed by atoms with Gasteiger partial charge in [-0.15, -0.1) is 0 Å². The van der Waals surface area contributed by atoms with Crippen LogP contribution in [0.3, 0.4) is 0 Å². The maximum Gasteiger partial charge on any atom is 0.339 e. The van der Waals surface area contributed by atoms with Gasteiger partial charge in [-0.05, 0) is 47.4 Å². The largest absolute Gasteiger partial charge is 0.465 e. The SMILES string of the molecule is COC(=O)c1cc2ccccc2c(-c2ccc(C)c(C)c2)c1C(=O)OC. The first-order valence-corrected chi connectivity index (χ1v) is 8.28. The molecule has 3 rings (SSSR count). The number of fused-ring (bicyclic) bond motifs is 1. The molecule has 0 unspecified atom stereocenters. The molecular weight excluding hydrogens is 328 g/mol. The third-order valence-electron chi connectivity index (χ3n) is 4.64. The zero-order valence-corrected chi connectivity index (χ0v) is 15.3. The zero-order valence-electron chi connectivity index (χ0n) is 15.3. The molecule has 0 N–H and O–H groups in total. The van der Waals surface area contributed by atoms with Crippen molar-refractivity contribution < 1.29 is 19.1 Å². The van der Waals surface area contributed by atoms with Crippen LogP contribution in [-0.2, 0) is 9.47 Å². The highest BCUT2D eigenvalue weighted by Gasteiger charge is 2.25. The fourth-order valence-electron chi connectivity index (χ4n) is 3.13. The number of benzene rings is 3. The first-order valence-electron chi connectivity index (χ1n) is 8.28. The molecule has 0 saturated carbocycles. The minimum atomic E-state index is -0.568. The highest BCUT2D eigenvalue weighted by atomic mass is 16.5. The Labute approximate surface area is 152 Å². The second-order valence-electron chi connectivity index (χ2n) is 6.18. The van der Waals surface area contributed by atoms with Gasteiger partial charge in [-0.1, -0.05) is 42.5 Å². The minimum Gasteiger partial charge on any atom is -0.465 e. The van der Waals surface area contributed by atoms with Gasteiger partial charge in [0.05, 0.1) is 25.3 Å². The van der Waals surface area contributed by atoms with Crippen LogP contribution < -0.4 is 0 Å². The van der Waals surface area contributed by atoms with E-state index in [0.717, 1.165) is 27.5 Å². The van der Waals surface area contributed by atoms with Gasteiger partial charge in [-0.2, -0.15) is 0 Å².